The highest BCUT2D eigenvalue weighted by molar-refractivity contribution is 5.78. The number of carboxylic acid groups (broad SMARTS) is 1. The molecule has 1 aromatic carbocycles. The number of carboxylic acids is 1. The van der Waals surface area contributed by atoms with Crippen LogP contribution in [0, 0.1) is 12.7 Å². The predicted octanol–water partition coefficient (Wildman–Crippen LogP) is 1.58. The monoisotopic (exact) mass is 241 g/mol. The van der Waals surface area contributed by atoms with Crippen molar-refractivity contribution in [2.75, 3.05) is 13.7 Å². The van der Waals surface area contributed by atoms with Crippen molar-refractivity contribution in [2.45, 2.75) is 19.4 Å². The average molecular weight is 241 g/mol. The summed E-state index contributed by atoms with van der Waals surface area (Å²) in [6.45, 7) is 3.13. The third-order valence-electron chi connectivity index (χ3n) is 2.63. The molecule has 0 aliphatic carbocycles. The first-order chi connectivity index (χ1) is 7.89. The molecular weight excluding hydrogens is 225 g/mol. The molecule has 1 rings (SSSR count). The lowest BCUT2D eigenvalue weighted by Gasteiger charge is -2.24. The Morgan fingerprint density at radius 2 is 2.24 bits per heavy atom. The molecule has 2 N–H and O–H groups in total. The number of carbonyl (C=O) groups is 1. The predicted molar refractivity (Wildman–Crippen MR) is 61.7 cm³/mol. The van der Waals surface area contributed by atoms with Crippen LogP contribution in [0.15, 0.2) is 18.2 Å². The smallest absolute Gasteiger partial charge is 0.327 e. The van der Waals surface area contributed by atoms with Crippen LogP contribution in [0.25, 0.3) is 0 Å². The lowest BCUT2D eigenvalue weighted by molar-refractivity contribution is -0.145. The summed E-state index contributed by atoms with van der Waals surface area (Å²) in [6, 6.07) is 4.45. The number of rotatable bonds is 5. The summed E-state index contributed by atoms with van der Waals surface area (Å²) in [6.07, 6.45) is 0. The number of likely N-dealkylation sites (N-methyl/N-ethyl adjacent to an activating group) is 1. The molecule has 0 saturated heterocycles. The van der Waals surface area contributed by atoms with E-state index < -0.39 is 17.3 Å². The van der Waals surface area contributed by atoms with Crippen molar-refractivity contribution in [1.29, 1.82) is 0 Å². The van der Waals surface area contributed by atoms with Gasteiger partial charge in [-0.05, 0) is 38.6 Å². The Morgan fingerprint density at radius 3 is 2.76 bits per heavy atom. The van der Waals surface area contributed by atoms with Crippen LogP contribution in [0.3, 0.4) is 0 Å². The van der Waals surface area contributed by atoms with Crippen LogP contribution in [-0.2, 0) is 4.79 Å². The molecule has 0 aliphatic heterocycles. The zero-order chi connectivity index (χ0) is 13.1. The van der Waals surface area contributed by atoms with E-state index in [9.17, 15) is 9.18 Å². The zero-order valence-electron chi connectivity index (χ0n) is 10.1. The fourth-order valence-corrected chi connectivity index (χ4v) is 1.18. The molecule has 0 saturated carbocycles. The molecule has 0 spiro atoms. The molecule has 0 radical (unpaired) electrons. The van der Waals surface area contributed by atoms with Gasteiger partial charge in [0.15, 0.2) is 11.6 Å². The molecule has 0 fully saturated rings. The Labute approximate surface area is 99.4 Å². The number of hydrogen-bond acceptors (Lipinski definition) is 3. The molecular formula is C12H16FNO3. The molecule has 0 bridgehead atoms. The summed E-state index contributed by atoms with van der Waals surface area (Å²) < 4.78 is 18.6. The van der Waals surface area contributed by atoms with E-state index in [2.05, 4.69) is 5.32 Å². The highest BCUT2D eigenvalue weighted by atomic mass is 19.1. The first kappa shape index (κ1) is 13.4. The second-order valence-electron chi connectivity index (χ2n) is 4.11. The standard InChI is InChI=1S/C12H16FNO3/c1-8-4-5-9(13)10(6-8)17-7-12(2,14-3)11(15)16/h4-6,14H,7H2,1-3H3,(H,15,16). The molecule has 1 unspecified atom stereocenters. The van der Waals surface area contributed by atoms with Gasteiger partial charge >= 0.3 is 5.97 Å². The van der Waals surface area contributed by atoms with Crippen molar-refractivity contribution < 1.29 is 19.0 Å². The normalized spacial score (nSPS) is 14.1. The molecule has 0 aromatic heterocycles. The van der Waals surface area contributed by atoms with Gasteiger partial charge in [-0.15, -0.1) is 0 Å². The summed E-state index contributed by atoms with van der Waals surface area (Å²) in [5.74, 6) is -1.49. The highest BCUT2D eigenvalue weighted by Gasteiger charge is 2.32. The average Bonchev–Trinajstić information content (AvgIpc) is 2.29. The fraction of sp³-hybridized carbons (Fsp3) is 0.417. The molecule has 1 atom stereocenters. The number of ether oxygens (including phenoxy) is 1. The molecule has 0 amide bonds. The molecule has 1 aromatic rings. The molecule has 17 heavy (non-hydrogen) atoms. The van der Waals surface area contributed by atoms with Crippen LogP contribution in [0.1, 0.15) is 12.5 Å². The molecule has 0 aliphatic rings. The molecule has 94 valence electrons. The SMILES string of the molecule is CNC(C)(COc1cc(C)ccc1F)C(=O)O. The number of benzene rings is 1. The zero-order valence-corrected chi connectivity index (χ0v) is 10.1. The summed E-state index contributed by atoms with van der Waals surface area (Å²) in [7, 11) is 1.52. The van der Waals surface area contributed by atoms with Gasteiger partial charge in [0, 0.05) is 0 Å². The van der Waals surface area contributed by atoms with E-state index in [1.165, 1.54) is 26.1 Å². The van der Waals surface area contributed by atoms with Crippen LogP contribution < -0.4 is 10.1 Å². The van der Waals surface area contributed by atoms with E-state index in [0.29, 0.717) is 0 Å². The Hall–Kier alpha value is -1.62. The van der Waals surface area contributed by atoms with E-state index in [0.717, 1.165) is 5.56 Å². The van der Waals surface area contributed by atoms with E-state index in [1.807, 2.05) is 0 Å². The van der Waals surface area contributed by atoms with Crippen molar-refractivity contribution in [3.63, 3.8) is 0 Å². The maximum Gasteiger partial charge on any atom is 0.327 e. The Balaban J connectivity index is 2.79. The Bertz CT molecular complexity index is 422. The van der Waals surface area contributed by atoms with Gasteiger partial charge in [0.2, 0.25) is 0 Å². The van der Waals surface area contributed by atoms with Crippen LogP contribution in [0.2, 0.25) is 0 Å². The summed E-state index contributed by atoms with van der Waals surface area (Å²) in [5.41, 5.74) is -0.390. The van der Waals surface area contributed by atoms with Crippen LogP contribution in [-0.4, -0.2) is 30.3 Å². The first-order valence-electron chi connectivity index (χ1n) is 5.20. The minimum absolute atomic E-state index is 0.0627. The minimum Gasteiger partial charge on any atom is -0.488 e. The van der Waals surface area contributed by atoms with Gasteiger partial charge < -0.3 is 15.2 Å². The Kier molecular flexibility index (Phi) is 4.07. The second-order valence-corrected chi connectivity index (χ2v) is 4.11. The number of halogens is 1. The third-order valence-corrected chi connectivity index (χ3v) is 2.63. The van der Waals surface area contributed by atoms with E-state index >= 15 is 0 Å². The lowest BCUT2D eigenvalue weighted by atomic mass is 10.1. The molecule has 4 nitrogen and oxygen atoms in total. The van der Waals surface area contributed by atoms with Gasteiger partial charge in [-0.2, -0.15) is 0 Å². The van der Waals surface area contributed by atoms with E-state index in [4.69, 9.17) is 9.84 Å². The van der Waals surface area contributed by atoms with Gasteiger partial charge in [0.1, 0.15) is 12.1 Å². The quantitative estimate of drug-likeness (QED) is 0.821. The number of aryl methyl sites for hydroxylation is 1. The van der Waals surface area contributed by atoms with Gasteiger partial charge in [-0.1, -0.05) is 6.07 Å². The summed E-state index contributed by atoms with van der Waals surface area (Å²) in [4.78, 5) is 11.0. The summed E-state index contributed by atoms with van der Waals surface area (Å²) in [5, 5.41) is 11.6. The number of hydrogen-bond donors (Lipinski definition) is 2. The van der Waals surface area contributed by atoms with Crippen molar-refractivity contribution >= 4 is 5.97 Å². The van der Waals surface area contributed by atoms with Gasteiger partial charge in [-0.3, -0.25) is 4.79 Å². The van der Waals surface area contributed by atoms with Crippen molar-refractivity contribution in [3.05, 3.63) is 29.6 Å². The van der Waals surface area contributed by atoms with Crippen molar-refractivity contribution in [3.8, 4) is 5.75 Å². The molecule has 0 heterocycles. The van der Waals surface area contributed by atoms with Crippen LogP contribution >= 0.6 is 0 Å². The first-order valence-corrected chi connectivity index (χ1v) is 5.20. The molecule has 5 heteroatoms. The van der Waals surface area contributed by atoms with Gasteiger partial charge in [0.05, 0.1) is 0 Å². The fourth-order valence-electron chi connectivity index (χ4n) is 1.18. The van der Waals surface area contributed by atoms with Gasteiger partial charge in [-0.25, -0.2) is 4.39 Å². The highest BCUT2D eigenvalue weighted by Crippen LogP contribution is 2.19. The lowest BCUT2D eigenvalue weighted by Crippen LogP contribution is -2.52. The van der Waals surface area contributed by atoms with Crippen molar-refractivity contribution in [1.82, 2.24) is 5.32 Å². The van der Waals surface area contributed by atoms with Crippen molar-refractivity contribution in [2.24, 2.45) is 0 Å². The van der Waals surface area contributed by atoms with Crippen LogP contribution in [0.4, 0.5) is 4.39 Å². The maximum atomic E-state index is 13.4. The van der Waals surface area contributed by atoms with Crippen LogP contribution in [0.5, 0.6) is 5.75 Å². The van der Waals surface area contributed by atoms with Gasteiger partial charge in [0.25, 0.3) is 0 Å². The third kappa shape index (κ3) is 3.17. The van der Waals surface area contributed by atoms with E-state index in [-0.39, 0.29) is 12.4 Å². The number of nitrogens with one attached hydrogen (secondary N) is 1. The minimum atomic E-state index is -1.24. The Morgan fingerprint density at radius 1 is 1.59 bits per heavy atom. The maximum absolute atomic E-state index is 13.4. The largest absolute Gasteiger partial charge is 0.488 e. The second kappa shape index (κ2) is 5.14. The number of aliphatic carboxylic acids is 1. The topological polar surface area (TPSA) is 58.6 Å². The van der Waals surface area contributed by atoms with E-state index in [1.54, 1.807) is 13.0 Å². The summed E-state index contributed by atoms with van der Waals surface area (Å²) >= 11 is 0.